The minimum absolute atomic E-state index is 0.0449. The summed E-state index contributed by atoms with van der Waals surface area (Å²) in [6.07, 6.45) is 2.68. The van der Waals surface area contributed by atoms with E-state index < -0.39 is 59.0 Å². The molecule has 2 aliphatic heterocycles. The number of amides is 1. The minimum atomic E-state index is -1.37. The topological polar surface area (TPSA) is 219 Å². The van der Waals surface area contributed by atoms with Crippen molar-refractivity contribution in [2.24, 2.45) is 0 Å². The second kappa shape index (κ2) is 13.8. The molecule has 1 amide bonds. The molecule has 1 aromatic carbocycles. The molecule has 0 saturated carbocycles. The van der Waals surface area contributed by atoms with Gasteiger partial charge in [-0.2, -0.15) is 0 Å². The normalized spacial score (nSPS) is 22.6. The Morgan fingerprint density at radius 3 is 2.67 bits per heavy atom. The van der Waals surface area contributed by atoms with Gasteiger partial charge in [-0.05, 0) is 47.1 Å². The number of esters is 1. The summed E-state index contributed by atoms with van der Waals surface area (Å²) in [6, 6.07) is 5.21. The molecule has 4 N–H and O–H groups in total. The molecular formula is C31H40N8O9. The standard InChI is InChI=1S/C31H40N8O9/c1-30(2,3)48-28(40)19(36-29(41)42)12-14-37(13-8-10-18-9-6-7-11-20(18)39(43)44)15-21-23-24(47-31(4,5)46-23)27(45-21)38-17-35-22-25(32)33-16-34-26(22)38/h6-11,16-17,19,21,23-24,27,36H,12-15H2,1-5H3,(H,41,42)(H2,32,33,34)/b10-8+/t19-,21+,23+,24+,27+/m0/s1. The van der Waals surface area contributed by atoms with Gasteiger partial charge in [0, 0.05) is 25.7 Å². The number of nitrogens with two attached hydrogens (primary N) is 1. The highest BCUT2D eigenvalue weighted by atomic mass is 16.8. The summed E-state index contributed by atoms with van der Waals surface area (Å²) in [5.41, 5.74) is 6.44. The summed E-state index contributed by atoms with van der Waals surface area (Å²) >= 11 is 0. The number of imidazole rings is 1. The van der Waals surface area contributed by atoms with Gasteiger partial charge in [0.1, 0.15) is 41.8 Å². The SMILES string of the molecule is CC(C)(C)OC(=O)[C@H](CCN(C/C=C/c1ccccc1[N+](=O)[O-])C[C@H]1O[C@@H](n2cnc3c(N)ncnc32)[C@@H]2OC(C)(C)O[C@@H]21)NC(=O)O. The van der Waals surface area contributed by atoms with Gasteiger partial charge >= 0.3 is 12.1 Å². The first-order valence-electron chi connectivity index (χ1n) is 15.4. The van der Waals surface area contributed by atoms with Crippen LogP contribution in [-0.2, 0) is 23.7 Å². The molecule has 258 valence electrons. The highest BCUT2D eigenvalue weighted by Gasteiger charge is 2.56. The molecule has 2 aromatic heterocycles. The van der Waals surface area contributed by atoms with Gasteiger partial charge in [0.2, 0.25) is 0 Å². The molecule has 4 heterocycles. The number of aromatic nitrogens is 4. The Morgan fingerprint density at radius 2 is 1.96 bits per heavy atom. The maximum atomic E-state index is 12.9. The van der Waals surface area contributed by atoms with Crippen molar-refractivity contribution in [2.45, 2.75) is 83.0 Å². The molecule has 2 aliphatic rings. The summed E-state index contributed by atoms with van der Waals surface area (Å²) in [7, 11) is 0. The molecule has 17 heteroatoms. The molecule has 0 aliphatic carbocycles. The zero-order chi connectivity index (χ0) is 34.8. The number of nitrogens with zero attached hydrogens (tertiary/aromatic N) is 6. The number of nitro groups is 1. The first-order chi connectivity index (χ1) is 22.6. The highest BCUT2D eigenvalue weighted by Crippen LogP contribution is 2.44. The fraction of sp³-hybridized carbons (Fsp3) is 0.516. The Bertz CT molecular complexity index is 1690. The molecule has 2 saturated heterocycles. The number of ether oxygens (including phenoxy) is 4. The number of rotatable bonds is 12. The Kier molecular flexibility index (Phi) is 9.95. The fourth-order valence-electron chi connectivity index (χ4n) is 5.80. The highest BCUT2D eigenvalue weighted by molar-refractivity contribution is 5.81. The number of fused-ring (bicyclic) bond motifs is 2. The number of nitro benzene ring substituents is 1. The fourth-order valence-corrected chi connectivity index (χ4v) is 5.80. The number of anilines is 1. The molecular weight excluding hydrogens is 628 g/mol. The van der Waals surface area contributed by atoms with Gasteiger partial charge in [0.05, 0.1) is 16.8 Å². The van der Waals surface area contributed by atoms with E-state index in [-0.39, 0.29) is 37.6 Å². The third-order valence-electron chi connectivity index (χ3n) is 7.74. The molecule has 2 fully saturated rings. The second-order valence-corrected chi connectivity index (χ2v) is 13.0. The van der Waals surface area contributed by atoms with E-state index in [2.05, 4.69) is 20.3 Å². The van der Waals surface area contributed by atoms with Crippen molar-refractivity contribution in [3.8, 4) is 0 Å². The average molecular weight is 669 g/mol. The number of carbonyl (C=O) groups is 2. The summed E-state index contributed by atoms with van der Waals surface area (Å²) < 4.78 is 26.4. The van der Waals surface area contributed by atoms with Crippen LogP contribution in [0.15, 0.2) is 43.0 Å². The van der Waals surface area contributed by atoms with Crippen molar-refractivity contribution in [1.29, 1.82) is 0 Å². The maximum absolute atomic E-state index is 12.9. The van der Waals surface area contributed by atoms with E-state index in [0.29, 0.717) is 16.7 Å². The third-order valence-corrected chi connectivity index (χ3v) is 7.74. The van der Waals surface area contributed by atoms with E-state index in [1.165, 1.54) is 12.4 Å². The molecule has 0 radical (unpaired) electrons. The van der Waals surface area contributed by atoms with Crippen LogP contribution < -0.4 is 11.1 Å². The monoisotopic (exact) mass is 668 g/mol. The number of nitrogens with one attached hydrogen (secondary N) is 1. The van der Waals surface area contributed by atoms with Crippen molar-refractivity contribution in [3.05, 3.63) is 58.7 Å². The summed E-state index contributed by atoms with van der Waals surface area (Å²) in [6.45, 7) is 9.45. The Hall–Kier alpha value is -4.71. The van der Waals surface area contributed by atoms with E-state index >= 15 is 0 Å². The molecule has 5 rings (SSSR count). The summed E-state index contributed by atoms with van der Waals surface area (Å²) in [5.74, 6) is -1.41. The van der Waals surface area contributed by atoms with Crippen LogP contribution in [0.4, 0.5) is 16.3 Å². The van der Waals surface area contributed by atoms with Crippen molar-refractivity contribution in [3.63, 3.8) is 0 Å². The van der Waals surface area contributed by atoms with Crippen LogP contribution in [0.25, 0.3) is 17.2 Å². The van der Waals surface area contributed by atoms with E-state index in [9.17, 15) is 24.8 Å². The Labute approximate surface area is 276 Å². The predicted octanol–water partition coefficient (Wildman–Crippen LogP) is 3.12. The number of benzene rings is 1. The first-order valence-corrected chi connectivity index (χ1v) is 15.4. The van der Waals surface area contributed by atoms with Gasteiger partial charge in [-0.15, -0.1) is 0 Å². The Balaban J connectivity index is 1.41. The molecule has 5 atom stereocenters. The number of hydrogen-bond acceptors (Lipinski definition) is 13. The van der Waals surface area contributed by atoms with Gasteiger partial charge in [-0.25, -0.2) is 24.5 Å². The van der Waals surface area contributed by atoms with Crippen LogP contribution in [-0.4, -0.2) is 102 Å². The average Bonchev–Trinajstić information content (AvgIpc) is 3.65. The largest absolute Gasteiger partial charge is 0.465 e. The number of carboxylic acid groups (broad SMARTS) is 1. The third kappa shape index (κ3) is 8.04. The number of nitrogen functional groups attached to an aromatic ring is 1. The van der Waals surface area contributed by atoms with E-state index in [1.54, 1.807) is 62.0 Å². The van der Waals surface area contributed by atoms with E-state index in [4.69, 9.17) is 24.7 Å². The smallest absolute Gasteiger partial charge is 0.405 e. The lowest BCUT2D eigenvalue weighted by Crippen LogP contribution is -2.47. The number of para-hydroxylation sites is 1. The number of hydrogen-bond donors (Lipinski definition) is 3. The molecule has 0 unspecified atom stereocenters. The quantitative estimate of drug-likeness (QED) is 0.143. The van der Waals surface area contributed by atoms with Crippen LogP contribution in [0.2, 0.25) is 0 Å². The van der Waals surface area contributed by atoms with Crippen molar-refractivity contribution in [2.75, 3.05) is 25.4 Å². The molecule has 0 spiro atoms. The van der Waals surface area contributed by atoms with E-state index in [1.807, 2.05) is 18.7 Å². The van der Waals surface area contributed by atoms with Gasteiger partial charge in [-0.1, -0.05) is 24.3 Å². The molecule has 48 heavy (non-hydrogen) atoms. The zero-order valence-electron chi connectivity index (χ0n) is 27.3. The first kappa shape index (κ1) is 34.6. The zero-order valence-corrected chi connectivity index (χ0v) is 27.3. The van der Waals surface area contributed by atoms with Gasteiger partial charge in [0.15, 0.2) is 23.5 Å². The predicted molar refractivity (Wildman–Crippen MR) is 171 cm³/mol. The summed E-state index contributed by atoms with van der Waals surface area (Å²) in [4.78, 5) is 50.3. The number of carbonyl (C=O) groups excluding carboxylic acids is 1. The van der Waals surface area contributed by atoms with Crippen molar-refractivity contribution < 1.29 is 38.6 Å². The van der Waals surface area contributed by atoms with Crippen molar-refractivity contribution >= 4 is 40.8 Å². The van der Waals surface area contributed by atoms with Crippen LogP contribution in [0.3, 0.4) is 0 Å². The van der Waals surface area contributed by atoms with Crippen LogP contribution in [0, 0.1) is 10.1 Å². The van der Waals surface area contributed by atoms with E-state index in [0.717, 1.165) is 0 Å². The second-order valence-electron chi connectivity index (χ2n) is 13.0. The lowest BCUT2D eigenvalue weighted by Gasteiger charge is -2.30. The Morgan fingerprint density at radius 1 is 1.23 bits per heavy atom. The lowest BCUT2D eigenvalue weighted by molar-refractivity contribution is -0.385. The molecule has 0 bridgehead atoms. The van der Waals surface area contributed by atoms with Crippen LogP contribution in [0.1, 0.15) is 52.8 Å². The van der Waals surface area contributed by atoms with Gasteiger partial charge < -0.3 is 35.1 Å². The van der Waals surface area contributed by atoms with Crippen LogP contribution in [0.5, 0.6) is 0 Å². The van der Waals surface area contributed by atoms with Gasteiger partial charge in [-0.3, -0.25) is 19.6 Å². The van der Waals surface area contributed by atoms with Crippen molar-refractivity contribution in [1.82, 2.24) is 29.7 Å². The van der Waals surface area contributed by atoms with Gasteiger partial charge in [0.25, 0.3) is 5.69 Å². The minimum Gasteiger partial charge on any atom is -0.465 e. The lowest BCUT2D eigenvalue weighted by atomic mass is 10.1. The summed E-state index contributed by atoms with van der Waals surface area (Å²) in [5, 5.41) is 23.3. The van der Waals surface area contributed by atoms with Crippen LogP contribution >= 0.6 is 0 Å². The molecule has 17 nitrogen and oxygen atoms in total. The molecule has 3 aromatic rings. The maximum Gasteiger partial charge on any atom is 0.405 e.